The van der Waals surface area contributed by atoms with Crippen LogP contribution in [0.1, 0.15) is 64.5 Å². The second-order valence-electron chi connectivity index (χ2n) is 20.7. The first-order valence-electron chi connectivity index (χ1n) is 26.5. The predicted molar refractivity (Wildman–Crippen MR) is 310 cm³/mol. The Bertz CT molecular complexity index is 4050. The molecule has 3 aromatic heterocycles. The molecule has 0 saturated heterocycles. The summed E-state index contributed by atoms with van der Waals surface area (Å²) < 4.78 is 41.3. The number of hydrogen-bond acceptors (Lipinski definition) is 3. The summed E-state index contributed by atoms with van der Waals surface area (Å²) in [5.74, 6) is 7.90. The van der Waals surface area contributed by atoms with E-state index in [0.29, 0.717) is 5.56 Å². The van der Waals surface area contributed by atoms with Gasteiger partial charge in [-0.2, -0.15) is 0 Å². The molecule has 12 rings (SSSR count). The van der Waals surface area contributed by atoms with Gasteiger partial charge in [0.25, 0.3) is 0 Å². The molecule has 75 heavy (non-hydrogen) atoms. The van der Waals surface area contributed by atoms with E-state index < -0.39 is 19.6 Å². The summed E-state index contributed by atoms with van der Waals surface area (Å²) in [6.45, 7) is 9.12. The fraction of sp³-hybridized carbons (Fsp3) is 0.147. The van der Waals surface area contributed by atoms with Crippen LogP contribution in [-0.2, 0) is 26.5 Å². The Kier molecular flexibility index (Phi) is 14.0. The summed E-state index contributed by atoms with van der Waals surface area (Å²) in [6, 6.07) is 70.9. The molecule has 0 bridgehead atoms. The molecule has 0 fully saturated rings. The molecule has 373 valence electrons. The summed E-state index contributed by atoms with van der Waals surface area (Å²) >= 11 is -2.30. The van der Waals surface area contributed by atoms with E-state index in [-0.39, 0.29) is 37.8 Å². The Balaban J connectivity index is 0.000000218. The number of pyridine rings is 1. The molecule has 0 aliphatic heterocycles. The van der Waals surface area contributed by atoms with Crippen molar-refractivity contribution in [2.75, 3.05) is 0 Å². The van der Waals surface area contributed by atoms with Gasteiger partial charge in [-0.05, 0) is 93.1 Å². The van der Waals surface area contributed by atoms with Gasteiger partial charge in [-0.15, -0.1) is 23.8 Å². The van der Waals surface area contributed by atoms with Crippen LogP contribution in [0.3, 0.4) is 0 Å². The number of imidazole rings is 1. The maximum absolute atomic E-state index is 13.7. The maximum Gasteiger partial charge on any atom is 0 e. The fourth-order valence-corrected chi connectivity index (χ4v) is 13.0. The minimum absolute atomic E-state index is 0. The number of hydrogen-bond donors (Lipinski definition) is 0. The molecule has 12 aromatic rings. The zero-order valence-corrected chi connectivity index (χ0v) is 47.7. The third-order valence-electron chi connectivity index (χ3n) is 13.9. The SMILES string of the molecule is CC(C)c1cc(-c2ccccc2)cc(C(C)C)c1-n1c(-c2[c-]cc3oc4ccc(-c5ccc(F)cc5)cc4c3c2)nc2ccc3ccccc3c21.[2H]C([2H])(c1ccccc1)c1cc(-c2[c-]cccc2)nc[c]1[Ge]([CH3])([CH3])[CH3].[Ir]. The smallest absolute Gasteiger partial charge is 0 e. The van der Waals surface area contributed by atoms with Gasteiger partial charge in [-0.25, -0.2) is 4.39 Å². The van der Waals surface area contributed by atoms with Crippen molar-refractivity contribution in [2.24, 2.45) is 0 Å². The third-order valence-corrected chi connectivity index (χ3v) is 18.1. The van der Waals surface area contributed by atoms with E-state index in [4.69, 9.17) is 12.1 Å². The van der Waals surface area contributed by atoms with Crippen molar-refractivity contribution >= 4 is 61.4 Å². The van der Waals surface area contributed by atoms with E-state index in [1.807, 2.05) is 97.2 Å². The summed E-state index contributed by atoms with van der Waals surface area (Å²) in [5.41, 5.74) is 15.6. The number of nitrogens with zero attached hydrogens (tertiary/aromatic N) is 3. The summed E-state index contributed by atoms with van der Waals surface area (Å²) in [6.07, 6.45) is 0.341. The minimum Gasteiger partial charge on any atom is 0 e. The summed E-state index contributed by atoms with van der Waals surface area (Å²) in [7, 11) is 0. The van der Waals surface area contributed by atoms with Crippen LogP contribution in [0.25, 0.3) is 94.3 Å². The van der Waals surface area contributed by atoms with Crippen molar-refractivity contribution in [3.63, 3.8) is 0 Å². The quantitative estimate of drug-likeness (QED) is 0.101. The van der Waals surface area contributed by atoms with Gasteiger partial charge in [0, 0.05) is 36.6 Å². The number of aromatic nitrogens is 3. The predicted octanol–water partition coefficient (Wildman–Crippen LogP) is 17.9. The Morgan fingerprint density at radius 2 is 1.27 bits per heavy atom. The molecule has 0 N–H and O–H groups in total. The van der Waals surface area contributed by atoms with Crippen molar-refractivity contribution in [1.29, 1.82) is 0 Å². The molecular weight excluding hydrogens is 1160 g/mol. The largest absolute Gasteiger partial charge is 0 e. The molecule has 0 aliphatic carbocycles. The van der Waals surface area contributed by atoms with Crippen LogP contribution in [0.5, 0.6) is 0 Å². The number of rotatable bonds is 10. The number of furan rings is 1. The first-order valence-corrected chi connectivity index (χ1v) is 32.8. The number of halogens is 1. The molecule has 0 amide bonds. The Labute approximate surface area is 458 Å². The molecule has 1 radical (unpaired) electrons. The Hall–Kier alpha value is -7.22. The van der Waals surface area contributed by atoms with Crippen LogP contribution in [0, 0.1) is 17.9 Å². The summed E-state index contributed by atoms with van der Waals surface area (Å²) in [4.78, 5) is 10.0. The molecular formula is C68H58FGeIrN3O-2. The van der Waals surface area contributed by atoms with E-state index in [1.54, 1.807) is 0 Å². The van der Waals surface area contributed by atoms with Crippen molar-refractivity contribution < 1.29 is 31.7 Å². The van der Waals surface area contributed by atoms with Crippen molar-refractivity contribution in [3.05, 3.63) is 241 Å². The van der Waals surface area contributed by atoms with Crippen LogP contribution >= 0.6 is 0 Å². The van der Waals surface area contributed by atoms with E-state index in [1.165, 1.54) is 45.5 Å². The first-order chi connectivity index (χ1) is 36.6. The number of fused-ring (bicyclic) bond motifs is 6. The van der Waals surface area contributed by atoms with Crippen molar-refractivity contribution in [1.82, 2.24) is 14.5 Å². The van der Waals surface area contributed by atoms with Gasteiger partial charge in [-0.1, -0.05) is 112 Å². The molecule has 0 aliphatic rings. The average molecular weight is 1220 g/mol. The second kappa shape index (κ2) is 21.6. The molecule has 0 unspecified atom stereocenters. The molecule has 0 saturated carbocycles. The summed E-state index contributed by atoms with van der Waals surface area (Å²) in [5, 5.41) is 4.31. The Morgan fingerprint density at radius 3 is 1.96 bits per heavy atom. The van der Waals surface area contributed by atoms with Gasteiger partial charge < -0.3 is 8.98 Å². The second-order valence-corrected chi connectivity index (χ2v) is 31.3. The van der Waals surface area contributed by atoms with Crippen LogP contribution in [0.2, 0.25) is 17.3 Å². The van der Waals surface area contributed by atoms with Crippen LogP contribution in [0.4, 0.5) is 4.39 Å². The first kappa shape index (κ1) is 48.7. The van der Waals surface area contributed by atoms with Crippen LogP contribution in [-0.4, -0.2) is 27.8 Å². The standard InChI is InChI=1S/C47H36FN2O.C21H22GeN.Ir/c1-28(2)38-26-35(30-10-6-5-7-11-30)27-39(29(3)4)45(38)50-46-37-13-9-8-12-32(37)16-21-42(46)49-47(50)34-18-23-44-41(25-34)40-24-33(17-22-43(40)51-44)31-14-19-36(48)20-15-31;1-22(2,3)20-16-23-21(18-12-8-5-9-13-18)15-19(20)14-17-10-6-4-7-11-17;/h5-17,19-29H,1-4H3;4-12,15-16H,14H2,1-3H3;/q2*-1;/i;14D2;. The maximum atomic E-state index is 13.7. The Morgan fingerprint density at radius 1 is 0.613 bits per heavy atom. The average Bonchev–Trinajstić information content (AvgIpc) is 4.16. The van der Waals surface area contributed by atoms with Crippen LogP contribution < -0.4 is 4.40 Å². The zero-order chi connectivity index (χ0) is 52.9. The topological polar surface area (TPSA) is 43.9 Å². The molecule has 0 spiro atoms. The zero-order valence-electron chi connectivity index (χ0n) is 45.2. The minimum atomic E-state index is -2.30. The van der Waals surface area contributed by atoms with Crippen LogP contribution in [0.15, 0.2) is 205 Å². The molecule has 4 nitrogen and oxygen atoms in total. The van der Waals surface area contributed by atoms with Crippen molar-refractivity contribution in [3.8, 4) is 50.6 Å². The molecule has 3 heterocycles. The van der Waals surface area contributed by atoms with Gasteiger partial charge in [-0.3, -0.25) is 4.98 Å². The van der Waals surface area contributed by atoms with Crippen molar-refractivity contribution in [2.45, 2.75) is 63.2 Å². The fourth-order valence-electron chi connectivity index (χ4n) is 10.1. The van der Waals surface area contributed by atoms with Gasteiger partial charge in [0.05, 0.1) is 22.4 Å². The van der Waals surface area contributed by atoms with E-state index in [2.05, 4.69) is 158 Å². The third kappa shape index (κ3) is 10.4. The van der Waals surface area contributed by atoms with Gasteiger partial charge in [0.1, 0.15) is 11.4 Å². The van der Waals surface area contributed by atoms with E-state index >= 15 is 0 Å². The van der Waals surface area contributed by atoms with Gasteiger partial charge in [0.2, 0.25) is 0 Å². The molecule has 0 atom stereocenters. The normalized spacial score (nSPS) is 12.2. The molecule has 9 aromatic carbocycles. The monoisotopic (exact) mass is 1220 g/mol. The van der Waals surface area contributed by atoms with Gasteiger partial charge in [0.15, 0.2) is 0 Å². The number of benzene rings is 9. The van der Waals surface area contributed by atoms with Gasteiger partial charge >= 0.3 is 144 Å². The van der Waals surface area contributed by atoms with E-state index in [9.17, 15) is 4.39 Å². The van der Waals surface area contributed by atoms with E-state index in [0.717, 1.165) is 82.1 Å². The molecule has 7 heteroatoms.